The molecule has 0 atom stereocenters. The third kappa shape index (κ3) is 8.64. The Morgan fingerprint density at radius 2 is 2.05 bits per heavy atom. The van der Waals surface area contributed by atoms with Crippen molar-refractivity contribution in [3.8, 4) is 0 Å². The summed E-state index contributed by atoms with van der Waals surface area (Å²) in [4.78, 5) is 12.6. The van der Waals surface area contributed by atoms with Gasteiger partial charge < -0.3 is 14.8 Å². The molecule has 1 aromatic carbocycles. The fourth-order valence-corrected chi connectivity index (χ4v) is 2.24. The van der Waals surface area contributed by atoms with E-state index in [1.165, 1.54) is 4.90 Å². The first-order valence-corrected chi connectivity index (χ1v) is 7.32. The Morgan fingerprint density at radius 1 is 1.26 bits per heavy atom. The molecule has 4 nitrogen and oxygen atoms in total. The second-order valence-electron chi connectivity index (χ2n) is 3.91. The van der Waals surface area contributed by atoms with Crippen molar-refractivity contribution in [3.05, 3.63) is 30.3 Å². The summed E-state index contributed by atoms with van der Waals surface area (Å²) in [7, 11) is 1.60. The lowest BCUT2D eigenvalue weighted by atomic mass is 10.4. The van der Waals surface area contributed by atoms with E-state index in [0.717, 1.165) is 12.2 Å². The van der Waals surface area contributed by atoms with Crippen LogP contribution in [0.25, 0.3) is 0 Å². The Bertz CT molecular complexity index is 346. The van der Waals surface area contributed by atoms with Crippen LogP contribution in [0.2, 0.25) is 0 Å². The van der Waals surface area contributed by atoms with Crippen LogP contribution in [0.4, 0.5) is 0 Å². The summed E-state index contributed by atoms with van der Waals surface area (Å²) in [6, 6.07) is 10.2. The monoisotopic (exact) mass is 283 g/mol. The van der Waals surface area contributed by atoms with Crippen molar-refractivity contribution in [1.29, 1.82) is 0 Å². The number of benzene rings is 1. The molecule has 5 heteroatoms. The molecular formula is C14H21NO3S. The highest BCUT2D eigenvalue weighted by Gasteiger charge is 2.00. The van der Waals surface area contributed by atoms with E-state index in [0.29, 0.717) is 19.8 Å². The van der Waals surface area contributed by atoms with Crippen molar-refractivity contribution in [2.24, 2.45) is 0 Å². The van der Waals surface area contributed by atoms with Crippen molar-refractivity contribution in [3.63, 3.8) is 0 Å². The summed E-state index contributed by atoms with van der Waals surface area (Å²) in [5, 5.41) is 2.83. The summed E-state index contributed by atoms with van der Waals surface area (Å²) >= 11 is 1.80. The molecule has 0 saturated heterocycles. The van der Waals surface area contributed by atoms with Gasteiger partial charge in [-0.25, -0.2) is 0 Å². The first-order valence-electron chi connectivity index (χ1n) is 6.34. The highest BCUT2D eigenvalue weighted by Crippen LogP contribution is 2.17. The van der Waals surface area contributed by atoms with E-state index in [1.54, 1.807) is 18.9 Å². The smallest absolute Gasteiger partial charge is 0.245 e. The predicted octanol–water partition coefficient (Wildman–Crippen LogP) is 1.95. The number of hydrogen-bond donors (Lipinski definition) is 1. The molecule has 19 heavy (non-hydrogen) atoms. The van der Waals surface area contributed by atoms with Gasteiger partial charge in [0, 0.05) is 18.6 Å². The molecule has 0 saturated carbocycles. The normalized spacial score (nSPS) is 10.4. The van der Waals surface area contributed by atoms with Crippen molar-refractivity contribution in [2.75, 3.05) is 39.2 Å². The van der Waals surface area contributed by atoms with Gasteiger partial charge in [0.1, 0.15) is 6.61 Å². The lowest BCUT2D eigenvalue weighted by Crippen LogP contribution is -2.29. The van der Waals surface area contributed by atoms with Gasteiger partial charge in [0.2, 0.25) is 5.91 Å². The number of carbonyl (C=O) groups is 1. The lowest BCUT2D eigenvalue weighted by molar-refractivity contribution is -0.126. The van der Waals surface area contributed by atoms with E-state index in [4.69, 9.17) is 9.47 Å². The quantitative estimate of drug-likeness (QED) is 0.527. The van der Waals surface area contributed by atoms with E-state index in [1.807, 2.05) is 18.2 Å². The zero-order valence-corrected chi connectivity index (χ0v) is 12.1. The van der Waals surface area contributed by atoms with Gasteiger partial charge in [-0.1, -0.05) is 18.2 Å². The Morgan fingerprint density at radius 3 is 2.79 bits per heavy atom. The van der Waals surface area contributed by atoms with Crippen LogP contribution >= 0.6 is 11.8 Å². The molecule has 1 N–H and O–H groups in total. The maximum atomic E-state index is 11.4. The van der Waals surface area contributed by atoms with E-state index >= 15 is 0 Å². The van der Waals surface area contributed by atoms with E-state index in [-0.39, 0.29) is 12.5 Å². The fraction of sp³-hybridized carbons (Fsp3) is 0.500. The van der Waals surface area contributed by atoms with E-state index in [9.17, 15) is 4.79 Å². The second kappa shape index (κ2) is 10.8. The number of carbonyl (C=O) groups excluding carboxylic acids is 1. The van der Waals surface area contributed by atoms with Crippen molar-refractivity contribution in [1.82, 2.24) is 5.32 Å². The first kappa shape index (κ1) is 16.0. The Labute approximate surface area is 118 Å². The van der Waals surface area contributed by atoms with Gasteiger partial charge in [-0.05, 0) is 24.3 Å². The second-order valence-corrected chi connectivity index (χ2v) is 5.08. The van der Waals surface area contributed by atoms with Gasteiger partial charge in [-0.15, -0.1) is 11.8 Å². The maximum Gasteiger partial charge on any atom is 0.245 e. The summed E-state index contributed by atoms with van der Waals surface area (Å²) in [5.41, 5.74) is 0. The number of nitrogens with one attached hydrogen (secondary N) is 1. The summed E-state index contributed by atoms with van der Waals surface area (Å²) < 4.78 is 9.94. The summed E-state index contributed by atoms with van der Waals surface area (Å²) in [5.74, 6) is 0.926. The average Bonchev–Trinajstić information content (AvgIpc) is 2.44. The minimum Gasteiger partial charge on any atom is -0.382 e. The topological polar surface area (TPSA) is 47.6 Å². The van der Waals surface area contributed by atoms with Gasteiger partial charge in [-0.3, -0.25) is 4.79 Å². The van der Waals surface area contributed by atoms with Gasteiger partial charge >= 0.3 is 0 Å². The van der Waals surface area contributed by atoms with Crippen molar-refractivity contribution in [2.45, 2.75) is 11.3 Å². The minimum atomic E-state index is -0.0687. The molecule has 0 aliphatic rings. The standard InChI is InChI=1S/C14H21NO3S/c1-17-9-10-18-12-14(16)15-8-5-11-19-13-6-3-2-4-7-13/h2-4,6-7H,5,8-12H2,1H3,(H,15,16). The highest BCUT2D eigenvalue weighted by atomic mass is 32.2. The highest BCUT2D eigenvalue weighted by molar-refractivity contribution is 7.99. The lowest BCUT2D eigenvalue weighted by Gasteiger charge is -2.06. The molecule has 0 spiro atoms. The molecule has 0 heterocycles. The first-order chi connectivity index (χ1) is 9.33. The van der Waals surface area contributed by atoms with Crippen LogP contribution in [0.3, 0.4) is 0 Å². The Kier molecular flexibility index (Phi) is 9.14. The average molecular weight is 283 g/mol. The molecule has 0 unspecified atom stereocenters. The molecule has 1 rings (SSSR count). The molecule has 0 bridgehead atoms. The molecule has 1 aromatic rings. The molecule has 0 radical (unpaired) electrons. The number of methoxy groups -OCH3 is 1. The maximum absolute atomic E-state index is 11.4. The summed E-state index contributed by atoms with van der Waals surface area (Å²) in [6.07, 6.45) is 0.948. The largest absolute Gasteiger partial charge is 0.382 e. The van der Waals surface area contributed by atoms with Crippen LogP contribution in [-0.2, 0) is 14.3 Å². The molecule has 106 valence electrons. The number of amides is 1. The molecule has 0 aliphatic carbocycles. The number of thioether (sulfide) groups is 1. The van der Waals surface area contributed by atoms with Crippen LogP contribution in [-0.4, -0.2) is 45.1 Å². The molecule has 0 fully saturated rings. The SMILES string of the molecule is COCCOCC(=O)NCCCSc1ccccc1. The number of hydrogen-bond acceptors (Lipinski definition) is 4. The van der Waals surface area contributed by atoms with Gasteiger partial charge in [-0.2, -0.15) is 0 Å². The van der Waals surface area contributed by atoms with Crippen LogP contribution in [0, 0.1) is 0 Å². The summed E-state index contributed by atoms with van der Waals surface area (Å²) in [6.45, 7) is 1.76. The Hall–Kier alpha value is -1.04. The van der Waals surface area contributed by atoms with Gasteiger partial charge in [0.05, 0.1) is 13.2 Å². The van der Waals surface area contributed by atoms with Gasteiger partial charge in [0.25, 0.3) is 0 Å². The Balaban J connectivity index is 1.94. The molecule has 0 aromatic heterocycles. The third-order valence-corrected chi connectivity index (χ3v) is 3.42. The van der Waals surface area contributed by atoms with Crippen molar-refractivity contribution >= 4 is 17.7 Å². The van der Waals surface area contributed by atoms with Gasteiger partial charge in [0.15, 0.2) is 0 Å². The molecule has 1 amide bonds. The zero-order chi connectivity index (χ0) is 13.8. The number of ether oxygens (including phenoxy) is 2. The van der Waals surface area contributed by atoms with Crippen molar-refractivity contribution < 1.29 is 14.3 Å². The fourth-order valence-electron chi connectivity index (χ4n) is 1.36. The molecular weight excluding hydrogens is 262 g/mol. The van der Waals surface area contributed by atoms with Crippen LogP contribution in [0.5, 0.6) is 0 Å². The molecule has 0 aliphatic heterocycles. The third-order valence-electron chi connectivity index (χ3n) is 2.32. The number of rotatable bonds is 10. The predicted molar refractivity (Wildman–Crippen MR) is 77.5 cm³/mol. The van der Waals surface area contributed by atoms with Crippen LogP contribution in [0.15, 0.2) is 35.2 Å². The zero-order valence-electron chi connectivity index (χ0n) is 11.3. The van der Waals surface area contributed by atoms with Crippen LogP contribution < -0.4 is 5.32 Å². The van der Waals surface area contributed by atoms with E-state index in [2.05, 4.69) is 17.4 Å². The minimum absolute atomic E-state index is 0.0687. The van der Waals surface area contributed by atoms with E-state index < -0.39 is 0 Å². The van der Waals surface area contributed by atoms with Crippen LogP contribution in [0.1, 0.15) is 6.42 Å².